The minimum absolute atomic E-state index is 0.0118. The lowest BCUT2D eigenvalue weighted by Gasteiger charge is -2.18. The van der Waals surface area contributed by atoms with Gasteiger partial charge in [0.2, 0.25) is 15.9 Å². The van der Waals surface area contributed by atoms with Crippen molar-refractivity contribution in [1.29, 1.82) is 0 Å². The molecule has 3 rings (SSSR count). The number of unbranched alkanes of at least 4 members (excludes halogenated alkanes) is 1. The quantitative estimate of drug-likeness (QED) is 0.217. The van der Waals surface area contributed by atoms with Gasteiger partial charge in [0.05, 0.1) is 4.90 Å². The van der Waals surface area contributed by atoms with Crippen LogP contribution >= 0.6 is 0 Å². The molecule has 1 aliphatic heterocycles. The minimum Gasteiger partial charge on any atom is -0.385 e. The van der Waals surface area contributed by atoms with Crippen molar-refractivity contribution in [1.82, 2.24) is 15.0 Å². The lowest BCUT2D eigenvalue weighted by Crippen LogP contribution is -2.50. The Labute approximate surface area is 217 Å². The van der Waals surface area contributed by atoms with Crippen LogP contribution in [-0.2, 0) is 42.0 Å². The van der Waals surface area contributed by atoms with Crippen LogP contribution < -0.4 is 15.4 Å². The van der Waals surface area contributed by atoms with Crippen molar-refractivity contribution in [3.8, 4) is 0 Å². The number of aromatic nitrogens is 1. The van der Waals surface area contributed by atoms with Crippen molar-refractivity contribution in [2.45, 2.75) is 55.6 Å². The molecule has 0 spiro atoms. The highest BCUT2D eigenvalue weighted by Crippen LogP contribution is 2.20. The zero-order chi connectivity index (χ0) is 27.8. The van der Waals surface area contributed by atoms with E-state index in [1.165, 1.54) is 30.3 Å². The fourth-order valence-electron chi connectivity index (χ4n) is 3.65. The molecule has 1 amide bonds. The monoisotopic (exact) mass is 556 g/mol. The number of pyridine rings is 1. The third-order valence-electron chi connectivity index (χ3n) is 5.60. The lowest BCUT2D eigenvalue weighted by atomic mass is 10.1. The number of nitrogens with zero attached hydrogens (tertiary/aromatic N) is 1. The summed E-state index contributed by atoms with van der Waals surface area (Å²) in [4.78, 5) is 39.9. The zero-order valence-corrected chi connectivity index (χ0v) is 21.0. The van der Waals surface area contributed by atoms with E-state index in [1.807, 2.05) is 16.9 Å². The first-order valence-electron chi connectivity index (χ1n) is 11.9. The highest BCUT2D eigenvalue weighted by molar-refractivity contribution is 7.89. The van der Waals surface area contributed by atoms with Crippen LogP contribution in [0.3, 0.4) is 0 Å². The summed E-state index contributed by atoms with van der Waals surface area (Å²) in [6.07, 6.45) is -1.76. The van der Waals surface area contributed by atoms with Crippen LogP contribution in [0.2, 0.25) is 0 Å². The first-order valence-corrected chi connectivity index (χ1v) is 13.3. The number of hydrogen-bond donors (Lipinski definition) is 3. The van der Waals surface area contributed by atoms with Crippen LogP contribution in [0.15, 0.2) is 47.4 Å². The van der Waals surface area contributed by atoms with Crippen molar-refractivity contribution in [2.24, 2.45) is 0 Å². The number of sulfonamides is 1. The largest absolute Gasteiger partial charge is 0.491 e. The van der Waals surface area contributed by atoms with E-state index >= 15 is 0 Å². The topological polar surface area (TPSA) is 144 Å². The van der Waals surface area contributed by atoms with E-state index in [-0.39, 0.29) is 11.3 Å². The highest BCUT2D eigenvalue weighted by Gasteiger charge is 2.43. The number of alkyl halides is 3. The van der Waals surface area contributed by atoms with Crippen LogP contribution in [0.1, 0.15) is 36.9 Å². The molecule has 206 valence electrons. The summed E-state index contributed by atoms with van der Waals surface area (Å²) in [6.45, 7) is 0.136. The van der Waals surface area contributed by atoms with Crippen molar-refractivity contribution < 1.29 is 40.7 Å². The van der Waals surface area contributed by atoms with E-state index in [0.29, 0.717) is 19.3 Å². The predicted octanol–water partition coefficient (Wildman–Crippen LogP) is 2.25. The van der Waals surface area contributed by atoms with Gasteiger partial charge in [0, 0.05) is 25.2 Å². The third kappa shape index (κ3) is 8.52. The summed E-state index contributed by atoms with van der Waals surface area (Å²) >= 11 is 0. The third-order valence-corrected chi connectivity index (χ3v) is 7.09. The number of carbonyl (C=O) groups is 3. The maximum Gasteiger partial charge on any atom is 0.491 e. The van der Waals surface area contributed by atoms with Crippen molar-refractivity contribution in [2.75, 3.05) is 18.4 Å². The predicted molar refractivity (Wildman–Crippen MR) is 129 cm³/mol. The summed E-state index contributed by atoms with van der Waals surface area (Å²) < 4.78 is 68.4. The second-order valence-electron chi connectivity index (χ2n) is 8.55. The standard InChI is InChI=1S/C24H27F3N4O6S/c25-24(26,27)23(34)37-22(33)19(31-38(35,36)18-9-2-1-3-10-18)15-29-20(32)11-5-4-8-17-13-12-16-7-6-14-28-21(16)30-17/h1-3,9-10,12-13,19,31H,4-8,11,14-15H2,(H,28,30)(H,29,32)/t19-/m0/s1. The van der Waals surface area contributed by atoms with E-state index < -0.39 is 46.6 Å². The molecule has 0 saturated heterocycles. The van der Waals surface area contributed by atoms with Gasteiger partial charge in [-0.3, -0.25) is 4.79 Å². The number of hydrogen-bond acceptors (Lipinski definition) is 8. The van der Waals surface area contributed by atoms with Crippen LogP contribution in [0, 0.1) is 0 Å². The molecule has 2 aromatic rings. The van der Waals surface area contributed by atoms with E-state index in [2.05, 4.69) is 20.4 Å². The van der Waals surface area contributed by atoms with Gasteiger partial charge in [0.1, 0.15) is 11.9 Å². The fraction of sp³-hybridized carbons (Fsp3) is 0.417. The number of fused-ring (bicyclic) bond motifs is 1. The Balaban J connectivity index is 1.54. The Hall–Kier alpha value is -3.52. The number of aryl methyl sites for hydroxylation is 2. The number of ether oxygens (including phenoxy) is 1. The molecule has 3 N–H and O–H groups in total. The second-order valence-corrected chi connectivity index (χ2v) is 10.3. The Morgan fingerprint density at radius 3 is 2.53 bits per heavy atom. The SMILES string of the molecule is O=C(CCCCc1ccc2c(n1)NCCC2)NC[C@H](NS(=O)(=O)c1ccccc1)C(=O)OC(=O)C(F)(F)F. The first-order chi connectivity index (χ1) is 18.0. The number of rotatable bonds is 11. The molecule has 0 fully saturated rings. The molecule has 1 aliphatic rings. The maximum atomic E-state index is 12.6. The average Bonchev–Trinajstić information content (AvgIpc) is 2.88. The molecule has 2 heterocycles. The van der Waals surface area contributed by atoms with Gasteiger partial charge in [0.25, 0.3) is 0 Å². The van der Waals surface area contributed by atoms with Crippen molar-refractivity contribution in [3.63, 3.8) is 0 Å². The van der Waals surface area contributed by atoms with E-state index in [0.717, 1.165) is 36.5 Å². The normalized spacial score (nSPS) is 14.1. The van der Waals surface area contributed by atoms with E-state index in [9.17, 15) is 36.0 Å². The van der Waals surface area contributed by atoms with Crippen LogP contribution in [-0.4, -0.2) is 56.6 Å². The number of halogens is 3. The van der Waals surface area contributed by atoms with E-state index in [1.54, 1.807) is 0 Å². The molecule has 0 aliphatic carbocycles. The fourth-order valence-corrected chi connectivity index (χ4v) is 4.86. The summed E-state index contributed by atoms with van der Waals surface area (Å²) in [5.41, 5.74) is 2.03. The molecule has 1 atom stereocenters. The Bertz CT molecular complexity index is 1260. The van der Waals surface area contributed by atoms with Crippen LogP contribution in [0.25, 0.3) is 0 Å². The zero-order valence-electron chi connectivity index (χ0n) is 20.2. The molecule has 1 aromatic carbocycles. The van der Waals surface area contributed by atoms with Gasteiger partial charge in [-0.15, -0.1) is 0 Å². The molecule has 10 nitrogen and oxygen atoms in total. The number of carbonyl (C=O) groups excluding carboxylic acids is 3. The average molecular weight is 557 g/mol. The summed E-state index contributed by atoms with van der Waals surface area (Å²) in [5, 5.41) is 5.55. The molecule has 0 saturated carbocycles. The number of anilines is 1. The van der Waals surface area contributed by atoms with Crippen LogP contribution in [0.5, 0.6) is 0 Å². The summed E-state index contributed by atoms with van der Waals surface area (Å²) in [6, 6.07) is 8.68. The van der Waals surface area contributed by atoms with Crippen molar-refractivity contribution >= 4 is 33.7 Å². The lowest BCUT2D eigenvalue weighted by molar-refractivity contribution is -0.202. The Morgan fingerprint density at radius 1 is 1.08 bits per heavy atom. The smallest absolute Gasteiger partial charge is 0.385 e. The molecule has 1 aromatic heterocycles. The Kier molecular flexibility index (Phi) is 9.80. The van der Waals surface area contributed by atoms with Gasteiger partial charge in [-0.05, 0) is 55.9 Å². The van der Waals surface area contributed by atoms with Crippen LogP contribution in [0.4, 0.5) is 19.0 Å². The van der Waals surface area contributed by atoms with Gasteiger partial charge in [0.15, 0.2) is 0 Å². The number of benzene rings is 1. The summed E-state index contributed by atoms with van der Waals surface area (Å²) in [5.74, 6) is -4.31. The Morgan fingerprint density at radius 2 is 1.82 bits per heavy atom. The van der Waals surface area contributed by atoms with Gasteiger partial charge >= 0.3 is 18.1 Å². The molecule has 38 heavy (non-hydrogen) atoms. The highest BCUT2D eigenvalue weighted by atomic mass is 32.2. The van der Waals surface area contributed by atoms with Gasteiger partial charge in [-0.1, -0.05) is 24.3 Å². The molecule has 14 heteroatoms. The molecule has 0 radical (unpaired) electrons. The van der Waals surface area contributed by atoms with Gasteiger partial charge < -0.3 is 15.4 Å². The minimum atomic E-state index is -5.47. The van der Waals surface area contributed by atoms with Gasteiger partial charge in [-0.2, -0.15) is 17.9 Å². The van der Waals surface area contributed by atoms with Crippen molar-refractivity contribution in [3.05, 3.63) is 53.7 Å². The summed E-state index contributed by atoms with van der Waals surface area (Å²) in [7, 11) is -4.39. The molecule has 0 bridgehead atoms. The molecular weight excluding hydrogens is 529 g/mol. The molecule has 0 unspecified atom stereocenters. The second kappa shape index (κ2) is 12.8. The molecular formula is C24H27F3N4O6S. The number of amides is 1. The van der Waals surface area contributed by atoms with Gasteiger partial charge in [-0.25, -0.2) is 23.0 Å². The maximum absolute atomic E-state index is 12.6. The number of esters is 2. The number of nitrogens with one attached hydrogen (secondary N) is 3. The first kappa shape index (κ1) is 29.0. The van der Waals surface area contributed by atoms with E-state index in [4.69, 9.17) is 0 Å².